The van der Waals surface area contributed by atoms with Crippen molar-refractivity contribution in [3.8, 4) is 5.88 Å². The Hall–Kier alpha value is -1.68. The fourth-order valence-corrected chi connectivity index (χ4v) is 1.35. The van der Waals surface area contributed by atoms with Gasteiger partial charge in [0.05, 0.1) is 6.07 Å². The Bertz CT molecular complexity index is 493. The van der Waals surface area contributed by atoms with E-state index in [4.69, 9.17) is 16.3 Å². The van der Waals surface area contributed by atoms with Gasteiger partial charge >= 0.3 is 0 Å². The number of ether oxygens (including phenoxy) is 1. The quantitative estimate of drug-likeness (QED) is 0.772. The van der Waals surface area contributed by atoms with Crippen LogP contribution in [0.4, 0.5) is 4.39 Å². The number of benzene rings is 1. The van der Waals surface area contributed by atoms with Crippen molar-refractivity contribution < 1.29 is 9.13 Å². The lowest BCUT2D eigenvalue weighted by Crippen LogP contribution is -1.98. The zero-order valence-corrected chi connectivity index (χ0v) is 8.99. The van der Waals surface area contributed by atoms with Gasteiger partial charge in [-0.1, -0.05) is 29.8 Å². The Balaban J connectivity index is 2.05. The van der Waals surface area contributed by atoms with Gasteiger partial charge in [-0.05, 0) is 6.07 Å². The van der Waals surface area contributed by atoms with Crippen molar-refractivity contribution in [3.63, 3.8) is 0 Å². The van der Waals surface area contributed by atoms with Crippen LogP contribution in [0.15, 0.2) is 36.7 Å². The molecule has 16 heavy (non-hydrogen) atoms. The largest absolute Gasteiger partial charge is 0.473 e. The molecule has 1 aromatic carbocycles. The first-order valence-corrected chi connectivity index (χ1v) is 4.97. The van der Waals surface area contributed by atoms with Crippen molar-refractivity contribution in [1.29, 1.82) is 0 Å². The zero-order chi connectivity index (χ0) is 11.4. The van der Waals surface area contributed by atoms with Gasteiger partial charge in [0.2, 0.25) is 11.8 Å². The molecule has 0 N–H and O–H groups in total. The first-order chi connectivity index (χ1) is 7.75. The molecule has 0 saturated heterocycles. The summed E-state index contributed by atoms with van der Waals surface area (Å²) in [6.07, 6.45) is 1.11. The number of nitrogens with zero attached hydrogens (tertiary/aromatic N) is 2. The Morgan fingerprint density at radius 1 is 1.25 bits per heavy atom. The molecule has 0 fully saturated rings. The molecule has 3 nitrogen and oxygen atoms in total. The van der Waals surface area contributed by atoms with E-state index >= 15 is 0 Å². The molecule has 0 amide bonds. The van der Waals surface area contributed by atoms with E-state index < -0.39 is 5.95 Å². The van der Waals surface area contributed by atoms with E-state index in [9.17, 15) is 4.39 Å². The normalized spacial score (nSPS) is 10.1. The van der Waals surface area contributed by atoms with E-state index in [1.165, 1.54) is 0 Å². The average Bonchev–Trinajstić information content (AvgIpc) is 2.28. The molecule has 82 valence electrons. The van der Waals surface area contributed by atoms with Gasteiger partial charge in [-0.25, -0.2) is 9.97 Å². The molecule has 0 unspecified atom stereocenters. The molecule has 5 heteroatoms. The molecule has 0 bridgehead atoms. The summed E-state index contributed by atoms with van der Waals surface area (Å²) in [7, 11) is 0. The van der Waals surface area contributed by atoms with E-state index in [1.54, 1.807) is 6.07 Å². The van der Waals surface area contributed by atoms with Crippen LogP contribution >= 0.6 is 11.6 Å². The smallest absolute Gasteiger partial charge is 0.219 e. The van der Waals surface area contributed by atoms with E-state index in [0.717, 1.165) is 18.0 Å². The maximum absolute atomic E-state index is 12.7. The highest BCUT2D eigenvalue weighted by Crippen LogP contribution is 2.17. The van der Waals surface area contributed by atoms with Gasteiger partial charge < -0.3 is 4.74 Å². The third-order valence-electron chi connectivity index (χ3n) is 1.94. The lowest BCUT2D eigenvalue weighted by molar-refractivity contribution is 0.290. The van der Waals surface area contributed by atoms with Crippen molar-refractivity contribution in [2.45, 2.75) is 6.61 Å². The van der Waals surface area contributed by atoms with Crippen LogP contribution in [-0.2, 0) is 6.61 Å². The second-order valence-corrected chi connectivity index (χ2v) is 3.47. The van der Waals surface area contributed by atoms with Gasteiger partial charge in [0.1, 0.15) is 12.9 Å². The minimum Gasteiger partial charge on any atom is -0.473 e. The summed E-state index contributed by atoms with van der Waals surface area (Å²) in [5, 5.41) is 0.608. The maximum atomic E-state index is 12.7. The third-order valence-corrected chi connectivity index (χ3v) is 2.31. The van der Waals surface area contributed by atoms with Crippen LogP contribution in [0.1, 0.15) is 5.56 Å². The summed E-state index contributed by atoms with van der Waals surface area (Å²) < 4.78 is 18.0. The van der Waals surface area contributed by atoms with Gasteiger partial charge in [-0.2, -0.15) is 4.39 Å². The molecule has 2 aromatic rings. The molecular weight excluding hydrogens is 231 g/mol. The van der Waals surface area contributed by atoms with Gasteiger partial charge in [0.15, 0.2) is 0 Å². The zero-order valence-electron chi connectivity index (χ0n) is 8.23. The SMILES string of the molecule is Fc1cc(OCc2ccccc2Cl)ncn1. The lowest BCUT2D eigenvalue weighted by Gasteiger charge is -2.06. The number of aromatic nitrogens is 2. The Kier molecular flexibility index (Phi) is 3.31. The van der Waals surface area contributed by atoms with Gasteiger partial charge in [-0.15, -0.1) is 0 Å². The number of hydrogen-bond acceptors (Lipinski definition) is 3. The van der Waals surface area contributed by atoms with Gasteiger partial charge in [0.25, 0.3) is 0 Å². The first kappa shape index (κ1) is 10.8. The molecular formula is C11H8ClFN2O. The molecule has 0 aliphatic heterocycles. The fourth-order valence-electron chi connectivity index (χ4n) is 1.16. The first-order valence-electron chi connectivity index (χ1n) is 4.59. The fraction of sp³-hybridized carbons (Fsp3) is 0.0909. The molecule has 1 aromatic heterocycles. The van der Waals surface area contributed by atoms with Crippen LogP contribution in [0.25, 0.3) is 0 Å². The van der Waals surface area contributed by atoms with E-state index in [0.29, 0.717) is 5.02 Å². The average molecular weight is 239 g/mol. The maximum Gasteiger partial charge on any atom is 0.219 e. The molecule has 0 spiro atoms. The third kappa shape index (κ3) is 2.67. The molecule has 2 rings (SSSR count). The van der Waals surface area contributed by atoms with E-state index in [2.05, 4.69) is 9.97 Å². The number of halogens is 2. The number of hydrogen-bond donors (Lipinski definition) is 0. The lowest BCUT2D eigenvalue weighted by atomic mass is 10.2. The Morgan fingerprint density at radius 2 is 2.06 bits per heavy atom. The second kappa shape index (κ2) is 4.90. The van der Waals surface area contributed by atoms with Crippen molar-refractivity contribution in [1.82, 2.24) is 9.97 Å². The highest BCUT2D eigenvalue weighted by Gasteiger charge is 2.02. The topological polar surface area (TPSA) is 35.0 Å². The molecule has 1 heterocycles. The molecule has 0 saturated carbocycles. The predicted molar refractivity (Wildman–Crippen MR) is 57.8 cm³/mol. The van der Waals surface area contributed by atoms with E-state index in [-0.39, 0.29) is 12.5 Å². The Morgan fingerprint density at radius 3 is 2.81 bits per heavy atom. The highest BCUT2D eigenvalue weighted by molar-refractivity contribution is 6.31. The summed E-state index contributed by atoms with van der Waals surface area (Å²) in [5.74, 6) is -0.434. The van der Waals surface area contributed by atoms with Gasteiger partial charge in [-0.3, -0.25) is 0 Å². The molecule has 0 aliphatic rings. The summed E-state index contributed by atoms with van der Waals surface area (Å²) >= 11 is 5.93. The summed E-state index contributed by atoms with van der Waals surface area (Å²) in [6.45, 7) is 0.246. The minimum atomic E-state index is -0.621. The van der Waals surface area contributed by atoms with Crippen LogP contribution in [0.3, 0.4) is 0 Å². The van der Waals surface area contributed by atoms with Crippen molar-refractivity contribution in [2.24, 2.45) is 0 Å². The summed E-state index contributed by atoms with van der Waals surface area (Å²) in [6, 6.07) is 8.40. The predicted octanol–water partition coefficient (Wildman–Crippen LogP) is 2.85. The van der Waals surface area contributed by atoms with Gasteiger partial charge in [0, 0.05) is 10.6 Å². The molecule has 0 radical (unpaired) electrons. The van der Waals surface area contributed by atoms with Crippen molar-refractivity contribution >= 4 is 11.6 Å². The monoisotopic (exact) mass is 238 g/mol. The van der Waals surface area contributed by atoms with E-state index in [1.807, 2.05) is 18.2 Å². The van der Waals surface area contributed by atoms with Crippen LogP contribution in [0.2, 0.25) is 5.02 Å². The standard InChI is InChI=1S/C11H8ClFN2O/c12-9-4-2-1-3-8(9)6-16-11-5-10(13)14-7-15-11/h1-5,7H,6H2. The van der Waals surface area contributed by atoms with Crippen molar-refractivity contribution in [2.75, 3.05) is 0 Å². The van der Waals surface area contributed by atoms with Crippen LogP contribution in [0, 0.1) is 5.95 Å². The molecule has 0 atom stereocenters. The van der Waals surface area contributed by atoms with Crippen molar-refractivity contribution in [3.05, 3.63) is 53.2 Å². The minimum absolute atomic E-state index is 0.187. The molecule has 0 aliphatic carbocycles. The Labute approximate surface area is 96.9 Å². The summed E-state index contributed by atoms with van der Waals surface area (Å²) in [5.41, 5.74) is 0.822. The second-order valence-electron chi connectivity index (χ2n) is 3.06. The number of rotatable bonds is 3. The van der Waals surface area contributed by atoms with Crippen LogP contribution in [0.5, 0.6) is 5.88 Å². The van der Waals surface area contributed by atoms with Crippen LogP contribution in [-0.4, -0.2) is 9.97 Å². The summed E-state index contributed by atoms with van der Waals surface area (Å²) in [4.78, 5) is 7.10. The highest BCUT2D eigenvalue weighted by atomic mass is 35.5. The van der Waals surface area contributed by atoms with Crippen LogP contribution < -0.4 is 4.74 Å².